The Labute approximate surface area is 115 Å². The Bertz CT molecular complexity index is 447. The van der Waals surface area contributed by atoms with E-state index in [1.165, 1.54) is 0 Å². The van der Waals surface area contributed by atoms with Crippen LogP contribution in [0.4, 0.5) is 10.5 Å². The first-order chi connectivity index (χ1) is 8.61. The van der Waals surface area contributed by atoms with Crippen molar-refractivity contribution in [1.82, 2.24) is 4.90 Å². The first-order valence-electron chi connectivity index (χ1n) is 6.06. The van der Waals surface area contributed by atoms with Gasteiger partial charge >= 0.3 is 6.03 Å². The Morgan fingerprint density at radius 1 is 1.56 bits per heavy atom. The third-order valence-electron chi connectivity index (χ3n) is 3.03. The van der Waals surface area contributed by atoms with Gasteiger partial charge in [-0.2, -0.15) is 0 Å². The number of hydrogen-bond donors (Lipinski definition) is 2. The molecule has 0 atom stereocenters. The van der Waals surface area contributed by atoms with Crippen molar-refractivity contribution in [2.45, 2.75) is 25.8 Å². The van der Waals surface area contributed by atoms with E-state index in [2.05, 4.69) is 21.2 Å². The number of rotatable bonds is 4. The van der Waals surface area contributed by atoms with Crippen LogP contribution >= 0.6 is 15.9 Å². The summed E-state index contributed by atoms with van der Waals surface area (Å²) in [4.78, 5) is 13.8. The maximum absolute atomic E-state index is 12.1. The van der Waals surface area contributed by atoms with Gasteiger partial charge in [0.05, 0.1) is 6.61 Å². The molecule has 1 aliphatic carbocycles. The van der Waals surface area contributed by atoms with E-state index in [1.54, 1.807) is 4.90 Å². The number of anilines is 1. The molecule has 0 saturated heterocycles. The lowest BCUT2D eigenvalue weighted by Crippen LogP contribution is -2.38. The maximum atomic E-state index is 12.1. The zero-order chi connectivity index (χ0) is 13.1. The molecule has 1 aromatic rings. The largest absolute Gasteiger partial charge is 0.395 e. The first-order valence-corrected chi connectivity index (χ1v) is 6.85. The van der Waals surface area contributed by atoms with Crippen LogP contribution in [0.2, 0.25) is 0 Å². The van der Waals surface area contributed by atoms with Crippen LogP contribution in [0.15, 0.2) is 22.7 Å². The summed E-state index contributed by atoms with van der Waals surface area (Å²) < 4.78 is 0.934. The summed E-state index contributed by atoms with van der Waals surface area (Å²) in [6.45, 7) is 2.35. The third kappa shape index (κ3) is 3.23. The van der Waals surface area contributed by atoms with E-state index in [1.807, 2.05) is 25.1 Å². The number of aliphatic hydroxyl groups is 1. The van der Waals surface area contributed by atoms with Crippen LogP contribution < -0.4 is 5.32 Å². The Morgan fingerprint density at radius 2 is 2.28 bits per heavy atom. The second kappa shape index (κ2) is 5.71. The van der Waals surface area contributed by atoms with Crippen molar-refractivity contribution in [3.05, 3.63) is 28.2 Å². The van der Waals surface area contributed by atoms with Crippen molar-refractivity contribution >= 4 is 27.6 Å². The number of carbonyl (C=O) groups excluding carboxylic acids is 1. The fourth-order valence-electron chi connectivity index (χ4n) is 1.86. The Morgan fingerprint density at radius 3 is 2.89 bits per heavy atom. The average Bonchev–Trinajstić information content (AvgIpc) is 3.14. The van der Waals surface area contributed by atoms with Gasteiger partial charge in [0.15, 0.2) is 0 Å². The molecule has 1 saturated carbocycles. The lowest BCUT2D eigenvalue weighted by molar-refractivity contribution is 0.185. The standard InChI is InChI=1S/C13H17BrN2O2/c1-9-2-3-10(14)8-12(9)15-13(18)16(6-7-17)11-4-5-11/h2-3,8,11,17H,4-7H2,1H3,(H,15,18). The van der Waals surface area contributed by atoms with E-state index in [0.29, 0.717) is 12.6 Å². The number of urea groups is 1. The number of carbonyl (C=O) groups is 1. The van der Waals surface area contributed by atoms with Gasteiger partial charge in [0.25, 0.3) is 0 Å². The molecule has 4 nitrogen and oxygen atoms in total. The quantitative estimate of drug-likeness (QED) is 0.898. The van der Waals surface area contributed by atoms with Crippen molar-refractivity contribution in [2.75, 3.05) is 18.5 Å². The van der Waals surface area contributed by atoms with Gasteiger partial charge < -0.3 is 15.3 Å². The molecule has 0 unspecified atom stereocenters. The lowest BCUT2D eigenvalue weighted by atomic mass is 10.2. The number of aryl methyl sites for hydroxylation is 1. The summed E-state index contributed by atoms with van der Waals surface area (Å²) in [6, 6.07) is 5.94. The van der Waals surface area contributed by atoms with Crippen LogP contribution in [0.3, 0.4) is 0 Å². The Hall–Kier alpha value is -1.07. The van der Waals surface area contributed by atoms with E-state index < -0.39 is 0 Å². The minimum absolute atomic E-state index is 0.00138. The second-order valence-electron chi connectivity index (χ2n) is 4.54. The van der Waals surface area contributed by atoms with Crippen LogP contribution in [0.1, 0.15) is 18.4 Å². The molecule has 2 rings (SSSR count). The van der Waals surface area contributed by atoms with Crippen LogP contribution in [-0.2, 0) is 0 Å². The molecule has 2 N–H and O–H groups in total. The first kappa shape index (κ1) is 13.4. The number of halogens is 1. The zero-order valence-electron chi connectivity index (χ0n) is 10.3. The van der Waals surface area contributed by atoms with Crippen molar-refractivity contribution in [2.24, 2.45) is 0 Å². The number of benzene rings is 1. The lowest BCUT2D eigenvalue weighted by Gasteiger charge is -2.22. The maximum Gasteiger partial charge on any atom is 0.322 e. The summed E-state index contributed by atoms with van der Waals surface area (Å²) in [5.41, 5.74) is 1.82. The molecule has 98 valence electrons. The van der Waals surface area contributed by atoms with Crippen LogP contribution in [-0.4, -0.2) is 35.2 Å². The smallest absolute Gasteiger partial charge is 0.322 e. The minimum Gasteiger partial charge on any atom is -0.395 e. The van der Waals surface area contributed by atoms with Gasteiger partial charge in [-0.05, 0) is 37.5 Å². The fraction of sp³-hybridized carbons (Fsp3) is 0.462. The van der Waals surface area contributed by atoms with Crippen molar-refractivity contribution in [1.29, 1.82) is 0 Å². The van der Waals surface area contributed by atoms with Gasteiger partial charge in [0.2, 0.25) is 0 Å². The zero-order valence-corrected chi connectivity index (χ0v) is 11.9. The van der Waals surface area contributed by atoms with Crippen LogP contribution in [0.25, 0.3) is 0 Å². The number of aliphatic hydroxyl groups excluding tert-OH is 1. The van der Waals surface area contributed by atoms with Gasteiger partial charge in [-0.25, -0.2) is 4.79 Å². The second-order valence-corrected chi connectivity index (χ2v) is 5.45. The molecule has 1 aliphatic rings. The average molecular weight is 313 g/mol. The molecular weight excluding hydrogens is 296 g/mol. The topological polar surface area (TPSA) is 52.6 Å². The summed E-state index contributed by atoms with van der Waals surface area (Å²) in [6.07, 6.45) is 2.07. The Balaban J connectivity index is 2.07. The fourth-order valence-corrected chi connectivity index (χ4v) is 2.22. The van der Waals surface area contributed by atoms with E-state index in [-0.39, 0.29) is 12.6 Å². The highest BCUT2D eigenvalue weighted by Crippen LogP contribution is 2.28. The highest BCUT2D eigenvalue weighted by atomic mass is 79.9. The van der Waals surface area contributed by atoms with E-state index in [0.717, 1.165) is 28.6 Å². The molecule has 5 heteroatoms. The van der Waals surface area contributed by atoms with Gasteiger partial charge in [0.1, 0.15) is 0 Å². The predicted molar refractivity (Wildman–Crippen MR) is 74.7 cm³/mol. The highest BCUT2D eigenvalue weighted by Gasteiger charge is 2.32. The van der Waals surface area contributed by atoms with Gasteiger partial charge in [-0.1, -0.05) is 22.0 Å². The molecule has 2 amide bonds. The SMILES string of the molecule is Cc1ccc(Br)cc1NC(=O)N(CCO)C1CC1. The van der Waals surface area contributed by atoms with Crippen molar-refractivity contribution < 1.29 is 9.90 Å². The van der Waals surface area contributed by atoms with Crippen LogP contribution in [0, 0.1) is 6.92 Å². The number of nitrogens with one attached hydrogen (secondary N) is 1. The summed E-state index contributed by atoms with van der Waals surface area (Å²) in [7, 11) is 0. The molecule has 0 heterocycles. The molecule has 1 fully saturated rings. The van der Waals surface area contributed by atoms with E-state index in [4.69, 9.17) is 5.11 Å². The van der Waals surface area contributed by atoms with Crippen molar-refractivity contribution in [3.63, 3.8) is 0 Å². The molecule has 0 radical (unpaired) electrons. The molecule has 0 bridgehead atoms. The predicted octanol–water partition coefficient (Wildman–Crippen LogP) is 2.75. The minimum atomic E-state index is -0.132. The Kier molecular flexibility index (Phi) is 4.24. The molecule has 18 heavy (non-hydrogen) atoms. The summed E-state index contributed by atoms with van der Waals surface area (Å²) in [5.74, 6) is 0. The van der Waals surface area contributed by atoms with Crippen LogP contribution in [0.5, 0.6) is 0 Å². The summed E-state index contributed by atoms with van der Waals surface area (Å²) >= 11 is 3.39. The third-order valence-corrected chi connectivity index (χ3v) is 3.52. The number of amides is 2. The van der Waals surface area contributed by atoms with E-state index >= 15 is 0 Å². The normalized spacial score (nSPS) is 14.4. The summed E-state index contributed by atoms with van der Waals surface area (Å²) in [5, 5.41) is 11.9. The highest BCUT2D eigenvalue weighted by molar-refractivity contribution is 9.10. The van der Waals surface area contributed by atoms with E-state index in [9.17, 15) is 4.79 Å². The molecule has 0 aliphatic heterocycles. The molecule has 1 aromatic carbocycles. The number of hydrogen-bond acceptors (Lipinski definition) is 2. The van der Waals surface area contributed by atoms with Gasteiger partial charge in [-0.3, -0.25) is 0 Å². The monoisotopic (exact) mass is 312 g/mol. The van der Waals surface area contributed by atoms with Crippen molar-refractivity contribution in [3.8, 4) is 0 Å². The van der Waals surface area contributed by atoms with Gasteiger partial charge in [-0.15, -0.1) is 0 Å². The van der Waals surface area contributed by atoms with Gasteiger partial charge in [0, 0.05) is 22.7 Å². The molecular formula is C13H17BrN2O2. The molecule has 0 aromatic heterocycles. The molecule has 0 spiro atoms. The number of nitrogens with zero attached hydrogens (tertiary/aromatic N) is 1.